The van der Waals surface area contributed by atoms with Crippen molar-refractivity contribution >= 4 is 21.4 Å². The van der Waals surface area contributed by atoms with Crippen LogP contribution in [0.15, 0.2) is 41.3 Å². The Kier molecular flexibility index (Phi) is 3.69. The molecule has 0 spiro atoms. The number of nitrogens with one attached hydrogen (secondary N) is 1. The first kappa shape index (κ1) is 14.6. The van der Waals surface area contributed by atoms with E-state index in [-0.39, 0.29) is 22.0 Å². The zero-order chi connectivity index (χ0) is 15.6. The lowest BCUT2D eigenvalue weighted by Crippen LogP contribution is -2.14. The maximum absolute atomic E-state index is 13.4. The Bertz CT molecular complexity index is 844. The number of nitrogen functional groups attached to an aromatic ring is 1. The fraction of sp³-hybridized carbons (Fsp3) is 0. The number of phenolic OH excluding ortho intramolecular Hbond substituents is 1. The number of sulfonamides is 1. The van der Waals surface area contributed by atoms with E-state index in [4.69, 9.17) is 11.0 Å². The van der Waals surface area contributed by atoms with Crippen LogP contribution in [-0.4, -0.2) is 13.5 Å². The van der Waals surface area contributed by atoms with Gasteiger partial charge in [-0.25, -0.2) is 12.8 Å². The molecule has 6 nitrogen and oxygen atoms in total. The van der Waals surface area contributed by atoms with Gasteiger partial charge in [-0.05, 0) is 30.3 Å². The molecule has 2 rings (SSSR count). The number of nitriles is 1. The molecule has 0 aliphatic rings. The fourth-order valence-electron chi connectivity index (χ4n) is 1.63. The summed E-state index contributed by atoms with van der Waals surface area (Å²) in [6.45, 7) is 0. The molecular weight excluding hydrogens is 297 g/mol. The van der Waals surface area contributed by atoms with Crippen LogP contribution in [0.4, 0.5) is 15.8 Å². The van der Waals surface area contributed by atoms with Crippen molar-refractivity contribution in [2.75, 3.05) is 10.5 Å². The highest BCUT2D eigenvalue weighted by Crippen LogP contribution is 2.26. The first-order valence-electron chi connectivity index (χ1n) is 5.65. The Balaban J connectivity index is 2.45. The average molecular weight is 307 g/mol. The van der Waals surface area contributed by atoms with E-state index in [1.54, 1.807) is 6.07 Å². The minimum atomic E-state index is -4.06. The summed E-state index contributed by atoms with van der Waals surface area (Å²) >= 11 is 0. The number of hydrogen-bond donors (Lipinski definition) is 3. The number of benzene rings is 2. The van der Waals surface area contributed by atoms with E-state index in [1.807, 2.05) is 0 Å². The highest BCUT2D eigenvalue weighted by Gasteiger charge is 2.18. The maximum atomic E-state index is 13.4. The predicted octanol–water partition coefficient (Wildman–Crippen LogP) is 1.79. The van der Waals surface area contributed by atoms with Crippen molar-refractivity contribution in [3.63, 3.8) is 0 Å². The second kappa shape index (κ2) is 5.30. The standard InChI is InChI=1S/C13H10FN3O3S/c14-10-2-1-3-12(9(10)7-15)17-21(19,20)8-4-5-13(18)11(16)6-8/h1-6,17-18H,16H2. The van der Waals surface area contributed by atoms with Crippen LogP contribution in [0.1, 0.15) is 5.56 Å². The third kappa shape index (κ3) is 2.88. The highest BCUT2D eigenvalue weighted by atomic mass is 32.2. The SMILES string of the molecule is N#Cc1c(F)cccc1NS(=O)(=O)c1ccc(O)c(N)c1. The van der Waals surface area contributed by atoms with Gasteiger partial charge in [-0.15, -0.1) is 0 Å². The molecule has 8 heteroatoms. The number of hydrogen-bond acceptors (Lipinski definition) is 5. The molecule has 2 aromatic rings. The summed E-state index contributed by atoms with van der Waals surface area (Å²) in [5, 5.41) is 18.2. The van der Waals surface area contributed by atoms with Gasteiger partial charge in [-0.1, -0.05) is 6.07 Å². The maximum Gasteiger partial charge on any atom is 0.262 e. The number of phenols is 1. The first-order valence-corrected chi connectivity index (χ1v) is 7.13. The van der Waals surface area contributed by atoms with Gasteiger partial charge in [0.2, 0.25) is 0 Å². The molecule has 0 saturated heterocycles. The minimum absolute atomic E-state index is 0.113. The zero-order valence-electron chi connectivity index (χ0n) is 10.5. The number of rotatable bonds is 3. The van der Waals surface area contributed by atoms with Crippen LogP contribution in [0.25, 0.3) is 0 Å². The molecule has 0 radical (unpaired) electrons. The Labute approximate surface area is 120 Å². The van der Waals surface area contributed by atoms with Crippen LogP contribution >= 0.6 is 0 Å². The van der Waals surface area contributed by atoms with Crippen molar-refractivity contribution in [2.45, 2.75) is 4.90 Å². The molecule has 0 bridgehead atoms. The molecule has 0 heterocycles. The third-order valence-electron chi connectivity index (χ3n) is 2.68. The Morgan fingerprint density at radius 3 is 2.62 bits per heavy atom. The molecular formula is C13H10FN3O3S. The summed E-state index contributed by atoms with van der Waals surface area (Å²) in [4.78, 5) is -0.217. The summed E-state index contributed by atoms with van der Waals surface area (Å²) in [5.74, 6) is -1.08. The van der Waals surface area contributed by atoms with E-state index in [9.17, 15) is 17.9 Å². The molecule has 2 aromatic carbocycles. The van der Waals surface area contributed by atoms with Crippen molar-refractivity contribution in [3.05, 3.63) is 47.8 Å². The number of halogens is 1. The van der Waals surface area contributed by atoms with Crippen molar-refractivity contribution in [1.82, 2.24) is 0 Å². The lowest BCUT2D eigenvalue weighted by molar-refractivity contribution is 0.477. The lowest BCUT2D eigenvalue weighted by Gasteiger charge is -2.10. The van der Waals surface area contributed by atoms with Crippen LogP contribution in [0.5, 0.6) is 5.75 Å². The monoisotopic (exact) mass is 307 g/mol. The highest BCUT2D eigenvalue weighted by molar-refractivity contribution is 7.92. The van der Waals surface area contributed by atoms with Gasteiger partial charge < -0.3 is 10.8 Å². The van der Waals surface area contributed by atoms with E-state index >= 15 is 0 Å². The molecule has 4 N–H and O–H groups in total. The summed E-state index contributed by atoms with van der Waals surface area (Å²) in [6, 6.07) is 8.51. The van der Waals surface area contributed by atoms with Gasteiger partial charge in [0, 0.05) is 0 Å². The Hall–Kier alpha value is -2.79. The smallest absolute Gasteiger partial charge is 0.262 e. The van der Waals surface area contributed by atoms with Gasteiger partial charge in [0.05, 0.1) is 16.3 Å². The van der Waals surface area contributed by atoms with Crippen LogP contribution < -0.4 is 10.5 Å². The Morgan fingerprint density at radius 1 is 1.29 bits per heavy atom. The molecule has 108 valence electrons. The number of nitrogens with zero attached hydrogens (tertiary/aromatic N) is 1. The summed E-state index contributed by atoms with van der Waals surface area (Å²) in [5.41, 5.74) is 4.74. The van der Waals surface area contributed by atoms with Gasteiger partial charge >= 0.3 is 0 Å². The largest absolute Gasteiger partial charge is 0.506 e. The second-order valence-electron chi connectivity index (χ2n) is 4.10. The minimum Gasteiger partial charge on any atom is -0.506 e. The normalized spacial score (nSPS) is 10.9. The van der Waals surface area contributed by atoms with Gasteiger partial charge in [0.15, 0.2) is 0 Å². The van der Waals surface area contributed by atoms with Gasteiger partial charge in [0.1, 0.15) is 23.2 Å². The molecule has 0 aliphatic carbocycles. The molecule has 0 unspecified atom stereocenters. The molecule has 0 amide bonds. The van der Waals surface area contributed by atoms with Crippen molar-refractivity contribution in [1.29, 1.82) is 5.26 Å². The quantitative estimate of drug-likeness (QED) is 0.590. The Morgan fingerprint density at radius 2 is 2.00 bits per heavy atom. The molecule has 21 heavy (non-hydrogen) atoms. The van der Waals surface area contributed by atoms with Crippen LogP contribution in [0.3, 0.4) is 0 Å². The van der Waals surface area contributed by atoms with E-state index in [2.05, 4.69) is 4.72 Å². The van der Waals surface area contributed by atoms with E-state index in [0.717, 1.165) is 24.3 Å². The lowest BCUT2D eigenvalue weighted by atomic mass is 10.2. The molecule has 0 aliphatic heterocycles. The summed E-state index contributed by atoms with van der Waals surface area (Å²) in [7, 11) is -4.06. The van der Waals surface area contributed by atoms with E-state index in [1.165, 1.54) is 12.1 Å². The van der Waals surface area contributed by atoms with Crippen LogP contribution in [0, 0.1) is 17.1 Å². The molecule has 0 fully saturated rings. The summed E-state index contributed by atoms with van der Waals surface area (Å²) in [6.07, 6.45) is 0. The third-order valence-corrected chi connectivity index (χ3v) is 4.04. The zero-order valence-corrected chi connectivity index (χ0v) is 11.4. The predicted molar refractivity (Wildman–Crippen MR) is 74.4 cm³/mol. The van der Waals surface area contributed by atoms with Crippen molar-refractivity contribution in [2.24, 2.45) is 0 Å². The number of aromatic hydroxyl groups is 1. The molecule has 0 atom stereocenters. The number of nitrogens with two attached hydrogens (primary N) is 1. The van der Waals surface area contributed by atoms with E-state index in [0.29, 0.717) is 0 Å². The summed E-state index contributed by atoms with van der Waals surface area (Å²) < 4.78 is 39.9. The van der Waals surface area contributed by atoms with E-state index < -0.39 is 21.4 Å². The van der Waals surface area contributed by atoms with Crippen LogP contribution in [-0.2, 0) is 10.0 Å². The van der Waals surface area contributed by atoms with Gasteiger partial charge in [-0.2, -0.15) is 5.26 Å². The molecule has 0 aromatic heterocycles. The molecule has 0 saturated carbocycles. The van der Waals surface area contributed by atoms with Crippen molar-refractivity contribution in [3.8, 4) is 11.8 Å². The van der Waals surface area contributed by atoms with Crippen LogP contribution in [0.2, 0.25) is 0 Å². The average Bonchev–Trinajstić information content (AvgIpc) is 2.41. The number of anilines is 2. The fourth-order valence-corrected chi connectivity index (χ4v) is 2.73. The van der Waals surface area contributed by atoms with Gasteiger partial charge in [-0.3, -0.25) is 4.72 Å². The van der Waals surface area contributed by atoms with Crippen molar-refractivity contribution < 1.29 is 17.9 Å². The second-order valence-corrected chi connectivity index (χ2v) is 5.78. The first-order chi connectivity index (χ1) is 9.85. The topological polar surface area (TPSA) is 116 Å². The van der Waals surface area contributed by atoms with Gasteiger partial charge in [0.25, 0.3) is 10.0 Å².